The zero-order chi connectivity index (χ0) is 6.28. The number of hydrogen-bond donors (Lipinski definition) is 0. The molecule has 0 nitrogen and oxygen atoms in total. The summed E-state index contributed by atoms with van der Waals surface area (Å²) in [5.41, 5.74) is 0. The molecule has 0 saturated carbocycles. The maximum Gasteiger partial charge on any atom is 1.00 e. The molecule has 0 aromatic carbocycles. The average Bonchev–Trinajstić information content (AvgIpc) is 1.33. The first-order chi connectivity index (χ1) is 3.15. The van der Waals surface area contributed by atoms with E-state index >= 15 is 0 Å². The molecule has 0 atom stereocenters. The van der Waals surface area contributed by atoms with Crippen molar-refractivity contribution in [2.24, 2.45) is 0 Å². The van der Waals surface area contributed by atoms with Crippen molar-refractivity contribution in [2.75, 3.05) is 0 Å². The molecule has 0 aliphatic carbocycles. The van der Waals surface area contributed by atoms with Crippen LogP contribution in [-0.4, -0.2) is 7.54 Å². The van der Waals surface area contributed by atoms with E-state index in [1.54, 1.807) is 0 Å². The fourth-order valence-electron chi connectivity index (χ4n) is 0. The molecule has 0 aromatic heterocycles. The minimum absolute atomic E-state index is 0. The molecule has 7 heteroatoms. The second-order valence-electron chi connectivity index (χ2n) is 0.330. The molecule has 0 heterocycles. The van der Waals surface area contributed by atoms with E-state index in [4.69, 9.17) is 0 Å². The van der Waals surface area contributed by atoms with Gasteiger partial charge in [0.1, 0.15) is 0 Å². The fourth-order valence-corrected chi connectivity index (χ4v) is 0. The monoisotopic (exact) mass is 158 g/mol. The number of rotatable bonds is 0. The Morgan fingerprint density at radius 2 is 1.00 bits per heavy atom. The average molecular weight is 158 g/mol. The first-order valence-electron chi connectivity index (χ1n) is 1.09. The van der Waals surface area contributed by atoms with Crippen molar-refractivity contribution in [3.8, 4) is 0 Å². The molecular formula is CHBF5K. The first kappa shape index (κ1) is 16.2. The summed E-state index contributed by atoms with van der Waals surface area (Å²) in [4.78, 5) is 0. The van der Waals surface area contributed by atoms with Crippen LogP contribution < -0.4 is 51.4 Å². The summed E-state index contributed by atoms with van der Waals surface area (Å²) >= 11 is 0. The Balaban J connectivity index is -0.0000000575. The van der Waals surface area contributed by atoms with Gasteiger partial charge >= 0.3 is 58.9 Å². The molecule has 0 aromatic rings. The predicted molar refractivity (Wildman–Crippen MR) is 15.6 cm³/mol. The van der Waals surface area contributed by atoms with Crippen LogP contribution >= 0.6 is 0 Å². The standard InChI is InChI=1S/CHF2.BF3.K/c2-1-3;2-1(3)4;/h1H;;/q-1;;+1. The van der Waals surface area contributed by atoms with Crippen LogP contribution in [0.3, 0.4) is 0 Å². The summed E-state index contributed by atoms with van der Waals surface area (Å²) in [5, 5.41) is 0. The molecule has 0 fully saturated rings. The van der Waals surface area contributed by atoms with Crippen LogP contribution in [0.5, 0.6) is 0 Å². The Hall–Kier alpha value is 1.35. The van der Waals surface area contributed by atoms with E-state index in [0.29, 0.717) is 0 Å². The van der Waals surface area contributed by atoms with Gasteiger partial charge in [0.15, 0.2) is 0 Å². The van der Waals surface area contributed by atoms with Gasteiger partial charge in [-0.1, -0.05) is 0 Å². The molecule has 0 aliphatic rings. The van der Waals surface area contributed by atoms with E-state index in [-0.39, 0.29) is 51.4 Å². The van der Waals surface area contributed by atoms with E-state index in [9.17, 15) is 21.7 Å². The van der Waals surface area contributed by atoms with Crippen molar-refractivity contribution >= 4 is 7.54 Å². The van der Waals surface area contributed by atoms with Crippen LogP contribution in [0.15, 0.2) is 0 Å². The van der Waals surface area contributed by atoms with Crippen LogP contribution in [0.1, 0.15) is 0 Å². The third-order valence-corrected chi connectivity index (χ3v) is 0. The summed E-state index contributed by atoms with van der Waals surface area (Å²) in [6.07, 6.45) is 0. The minimum atomic E-state index is -3.67. The van der Waals surface area contributed by atoms with Gasteiger partial charge in [-0.3, -0.25) is 12.9 Å². The van der Waals surface area contributed by atoms with Gasteiger partial charge in [0.2, 0.25) is 0 Å². The first-order valence-corrected chi connectivity index (χ1v) is 1.09. The Bertz CT molecular complexity index is 23.6. The molecule has 0 N–H and O–H groups in total. The molecule has 44 valence electrons. The number of halogens is 5. The Morgan fingerprint density at radius 1 is 1.00 bits per heavy atom. The van der Waals surface area contributed by atoms with Crippen molar-refractivity contribution in [3.63, 3.8) is 0 Å². The fraction of sp³-hybridized carbons (Fsp3) is 0. The van der Waals surface area contributed by atoms with Gasteiger partial charge in [0.05, 0.1) is 0 Å². The molecule has 8 heavy (non-hydrogen) atoms. The van der Waals surface area contributed by atoms with Gasteiger partial charge in [-0.25, -0.2) is 0 Å². The Kier molecular flexibility index (Phi) is 31.9. The molecule has 0 amide bonds. The zero-order valence-electron chi connectivity index (χ0n) is 4.04. The van der Waals surface area contributed by atoms with Crippen LogP contribution in [-0.2, 0) is 0 Å². The molecule has 0 saturated heterocycles. The maximum atomic E-state index is 9.67. The van der Waals surface area contributed by atoms with Gasteiger partial charge in [-0.15, -0.1) is 0 Å². The van der Waals surface area contributed by atoms with Crippen molar-refractivity contribution in [3.05, 3.63) is 6.93 Å². The van der Waals surface area contributed by atoms with Crippen molar-refractivity contribution in [2.45, 2.75) is 0 Å². The maximum absolute atomic E-state index is 9.67. The smallest absolute Gasteiger partial charge is 0.425 e. The van der Waals surface area contributed by atoms with E-state index < -0.39 is 14.5 Å². The summed E-state index contributed by atoms with van der Waals surface area (Å²) in [6.45, 7) is -1.00. The molecular weight excluding hydrogens is 157 g/mol. The van der Waals surface area contributed by atoms with E-state index in [1.165, 1.54) is 0 Å². The van der Waals surface area contributed by atoms with E-state index in [2.05, 4.69) is 0 Å². The normalized spacial score (nSPS) is 5.62. The molecule has 0 unspecified atom stereocenters. The zero-order valence-corrected chi connectivity index (χ0v) is 7.17. The van der Waals surface area contributed by atoms with Crippen molar-refractivity contribution in [1.82, 2.24) is 0 Å². The van der Waals surface area contributed by atoms with Gasteiger partial charge in [-0.2, -0.15) is 0 Å². The predicted octanol–water partition coefficient (Wildman–Crippen LogP) is -1.07. The molecule has 0 rings (SSSR count). The Morgan fingerprint density at radius 3 is 1.00 bits per heavy atom. The third kappa shape index (κ3) is 162. The molecule has 0 spiro atoms. The summed E-state index contributed by atoms with van der Waals surface area (Å²) in [6, 6.07) is 0. The molecule has 0 aliphatic heterocycles. The van der Waals surface area contributed by atoms with Gasteiger partial charge in [0.25, 0.3) is 0 Å². The SMILES string of the molecule is FB(F)F.F[CH-]F.[K+]. The largest absolute Gasteiger partial charge is 1.00 e. The van der Waals surface area contributed by atoms with E-state index in [1.807, 2.05) is 0 Å². The minimum Gasteiger partial charge on any atom is -0.425 e. The third-order valence-electron chi connectivity index (χ3n) is 0. The summed E-state index contributed by atoms with van der Waals surface area (Å²) in [5.74, 6) is 0. The van der Waals surface area contributed by atoms with Gasteiger partial charge < -0.3 is 8.78 Å². The van der Waals surface area contributed by atoms with Crippen LogP contribution in [0.4, 0.5) is 21.7 Å². The van der Waals surface area contributed by atoms with Gasteiger partial charge in [-0.05, 0) is 6.93 Å². The van der Waals surface area contributed by atoms with Crippen LogP contribution in [0.25, 0.3) is 0 Å². The van der Waals surface area contributed by atoms with Crippen molar-refractivity contribution in [1.29, 1.82) is 0 Å². The van der Waals surface area contributed by atoms with Gasteiger partial charge in [0, 0.05) is 0 Å². The van der Waals surface area contributed by atoms with Crippen LogP contribution in [0, 0.1) is 6.93 Å². The van der Waals surface area contributed by atoms with Crippen LogP contribution in [0.2, 0.25) is 0 Å². The van der Waals surface area contributed by atoms with Crippen molar-refractivity contribution < 1.29 is 73.1 Å². The summed E-state index contributed by atoms with van der Waals surface area (Å²) < 4.78 is 48.0. The quantitative estimate of drug-likeness (QED) is 0.239. The molecule has 0 bridgehead atoms. The second-order valence-corrected chi connectivity index (χ2v) is 0.330. The topological polar surface area (TPSA) is 0 Å². The number of hydrogen-bond acceptors (Lipinski definition) is 0. The Labute approximate surface area is 86.5 Å². The second kappa shape index (κ2) is 15.8. The summed E-state index contributed by atoms with van der Waals surface area (Å²) in [7, 11) is -3.67. The molecule has 0 radical (unpaired) electrons. The van der Waals surface area contributed by atoms with E-state index in [0.717, 1.165) is 0 Å².